The molecule has 0 spiro atoms. The Hall–Kier alpha value is 0.170. The summed E-state index contributed by atoms with van der Waals surface area (Å²) in [6.45, 7) is 7.19. The minimum atomic E-state index is 0. The third-order valence-corrected chi connectivity index (χ3v) is 7.09. The van der Waals surface area contributed by atoms with Gasteiger partial charge in [0, 0.05) is 26.4 Å². The maximum absolute atomic E-state index is 5.78. The molecular weight excluding hydrogens is 466 g/mol. The topological polar surface area (TPSA) is 18.5 Å². The third kappa shape index (κ3) is 36.3. The summed E-state index contributed by atoms with van der Waals surface area (Å²) in [5.41, 5.74) is 0. The molecule has 0 N–H and O–H groups in total. The lowest BCUT2D eigenvalue weighted by Gasteiger charge is -2.23. The molecule has 0 fully saturated rings. The molecule has 220 valence electrons. The van der Waals surface area contributed by atoms with Gasteiger partial charge < -0.3 is 26.4 Å². The molecular formula is C32H68ClNO2. The quantitative estimate of drug-likeness (QED) is 0.0753. The van der Waals surface area contributed by atoms with Gasteiger partial charge in [0.2, 0.25) is 0 Å². The summed E-state index contributed by atoms with van der Waals surface area (Å²) < 4.78 is 12.6. The summed E-state index contributed by atoms with van der Waals surface area (Å²) in [6, 6.07) is 0. The van der Waals surface area contributed by atoms with Gasteiger partial charge in [-0.05, 0) is 32.1 Å². The van der Waals surface area contributed by atoms with Gasteiger partial charge in [0.25, 0.3) is 0 Å². The minimum absolute atomic E-state index is 0. The molecule has 36 heavy (non-hydrogen) atoms. The summed E-state index contributed by atoms with van der Waals surface area (Å²) in [7, 11) is 6.84. The summed E-state index contributed by atoms with van der Waals surface area (Å²) in [6.07, 6.45) is 31.8. The minimum Gasteiger partial charge on any atom is -1.00 e. The normalized spacial score (nSPS) is 11.7. The monoisotopic (exact) mass is 533 g/mol. The van der Waals surface area contributed by atoms with E-state index in [0.29, 0.717) is 0 Å². The van der Waals surface area contributed by atoms with Gasteiger partial charge in [0.15, 0.2) is 0 Å². The summed E-state index contributed by atoms with van der Waals surface area (Å²) >= 11 is 0. The maximum atomic E-state index is 5.78. The van der Waals surface area contributed by atoms with Crippen LogP contribution in [0.15, 0.2) is 0 Å². The molecule has 0 atom stereocenters. The van der Waals surface area contributed by atoms with Crippen LogP contribution in [0.25, 0.3) is 0 Å². The average Bonchev–Trinajstić information content (AvgIpc) is 2.82. The zero-order valence-electron chi connectivity index (χ0n) is 25.4. The summed E-state index contributed by atoms with van der Waals surface area (Å²) in [5, 5.41) is 0. The molecule has 0 rings (SSSR count). The van der Waals surface area contributed by atoms with Gasteiger partial charge in [-0.15, -0.1) is 0 Å². The zero-order chi connectivity index (χ0) is 25.7. The van der Waals surface area contributed by atoms with E-state index in [4.69, 9.17) is 9.47 Å². The van der Waals surface area contributed by atoms with Gasteiger partial charge in [-0.3, -0.25) is 0 Å². The molecule has 0 amide bonds. The first-order valence-electron chi connectivity index (χ1n) is 16.0. The maximum Gasteiger partial charge on any atom is 0.0780 e. The predicted octanol–water partition coefficient (Wildman–Crippen LogP) is 6.72. The van der Waals surface area contributed by atoms with Crippen LogP contribution in [-0.2, 0) is 9.47 Å². The van der Waals surface area contributed by atoms with Crippen molar-refractivity contribution in [1.29, 1.82) is 0 Å². The molecule has 0 aliphatic rings. The molecule has 0 radical (unpaired) electrons. The number of halogens is 1. The smallest absolute Gasteiger partial charge is 0.0780 e. The molecule has 0 aliphatic heterocycles. The first-order chi connectivity index (χ1) is 17.1. The Morgan fingerprint density at radius 2 is 0.639 bits per heavy atom. The first-order valence-corrected chi connectivity index (χ1v) is 16.0. The molecule has 0 saturated heterocycles. The molecule has 0 bridgehead atoms. The van der Waals surface area contributed by atoms with E-state index in [2.05, 4.69) is 28.1 Å². The first kappa shape index (κ1) is 38.3. The van der Waals surface area contributed by atoms with Crippen LogP contribution in [0.1, 0.15) is 155 Å². The van der Waals surface area contributed by atoms with E-state index in [1.54, 1.807) is 0 Å². The second-order valence-electron chi connectivity index (χ2n) is 12.0. The van der Waals surface area contributed by atoms with E-state index in [0.717, 1.165) is 37.3 Å². The number of ether oxygens (including phenoxy) is 2. The van der Waals surface area contributed by atoms with Gasteiger partial charge in [0.05, 0.1) is 27.7 Å². The fourth-order valence-corrected chi connectivity index (χ4v) is 4.72. The highest BCUT2D eigenvalue weighted by atomic mass is 35.5. The molecule has 0 saturated carbocycles. The van der Waals surface area contributed by atoms with E-state index in [1.807, 2.05) is 0 Å². The highest BCUT2D eigenvalue weighted by Gasteiger charge is 2.05. The summed E-state index contributed by atoms with van der Waals surface area (Å²) in [4.78, 5) is 0. The van der Waals surface area contributed by atoms with Crippen LogP contribution in [0, 0.1) is 0 Å². The summed E-state index contributed by atoms with van der Waals surface area (Å²) in [5.74, 6) is 0. The number of nitrogens with zero attached hydrogens (tertiary/aromatic N) is 1. The number of rotatable bonds is 30. The van der Waals surface area contributed by atoms with E-state index < -0.39 is 0 Å². The van der Waals surface area contributed by atoms with Crippen molar-refractivity contribution in [3.05, 3.63) is 0 Å². The van der Waals surface area contributed by atoms with Crippen molar-refractivity contribution >= 4 is 0 Å². The Balaban J connectivity index is 0. The lowest BCUT2D eigenvalue weighted by atomic mass is 10.0. The van der Waals surface area contributed by atoms with Crippen LogP contribution < -0.4 is 12.4 Å². The molecule has 0 aromatic rings. The standard InChI is InChI=1S/C32H68NO2.ClH/c1-5-6-7-8-9-10-11-12-13-14-15-16-17-19-22-25-29-34-31-27-32-35-30-26-23-20-18-21-24-28-33(2,3)4;/h5-32H2,1-4H3;1H/q+1;/p-1. The lowest BCUT2D eigenvalue weighted by Crippen LogP contribution is -3.00. The Morgan fingerprint density at radius 3 is 0.972 bits per heavy atom. The third-order valence-electron chi connectivity index (χ3n) is 7.09. The zero-order valence-corrected chi connectivity index (χ0v) is 26.2. The Labute approximate surface area is 234 Å². The van der Waals surface area contributed by atoms with Gasteiger partial charge in [0.1, 0.15) is 0 Å². The lowest BCUT2D eigenvalue weighted by molar-refractivity contribution is -0.870. The van der Waals surface area contributed by atoms with Crippen LogP contribution >= 0.6 is 0 Å². The predicted molar refractivity (Wildman–Crippen MR) is 156 cm³/mol. The molecule has 0 aromatic carbocycles. The molecule has 0 heterocycles. The van der Waals surface area contributed by atoms with Crippen molar-refractivity contribution in [2.75, 3.05) is 54.1 Å². The SMILES string of the molecule is CCCCCCCCCCCCCCCCCCOCCCOCCCCCCCC[N+](C)(C)C.[Cl-]. The van der Waals surface area contributed by atoms with Gasteiger partial charge in [-0.2, -0.15) is 0 Å². The highest BCUT2D eigenvalue weighted by molar-refractivity contribution is 4.50. The average molecular weight is 534 g/mol. The fraction of sp³-hybridized carbons (Fsp3) is 1.00. The van der Waals surface area contributed by atoms with Crippen molar-refractivity contribution in [2.24, 2.45) is 0 Å². The Morgan fingerprint density at radius 1 is 0.361 bits per heavy atom. The van der Waals surface area contributed by atoms with Crippen LogP contribution in [0.4, 0.5) is 0 Å². The molecule has 4 heteroatoms. The van der Waals surface area contributed by atoms with Crippen LogP contribution in [0.5, 0.6) is 0 Å². The van der Waals surface area contributed by atoms with Crippen molar-refractivity contribution in [3.8, 4) is 0 Å². The molecule has 3 nitrogen and oxygen atoms in total. The van der Waals surface area contributed by atoms with Crippen LogP contribution in [0.3, 0.4) is 0 Å². The van der Waals surface area contributed by atoms with Gasteiger partial charge in [-0.1, -0.05) is 122 Å². The number of hydrogen-bond donors (Lipinski definition) is 0. The van der Waals surface area contributed by atoms with Crippen molar-refractivity contribution < 1.29 is 26.4 Å². The van der Waals surface area contributed by atoms with Crippen molar-refractivity contribution in [1.82, 2.24) is 0 Å². The largest absolute Gasteiger partial charge is 1.00 e. The Bertz CT molecular complexity index is 387. The molecule has 0 aliphatic carbocycles. The van der Waals surface area contributed by atoms with Crippen molar-refractivity contribution in [3.63, 3.8) is 0 Å². The second-order valence-corrected chi connectivity index (χ2v) is 12.0. The van der Waals surface area contributed by atoms with E-state index in [1.165, 1.54) is 148 Å². The van der Waals surface area contributed by atoms with E-state index in [-0.39, 0.29) is 12.4 Å². The van der Waals surface area contributed by atoms with Crippen LogP contribution in [-0.4, -0.2) is 58.6 Å². The van der Waals surface area contributed by atoms with Gasteiger partial charge in [-0.25, -0.2) is 0 Å². The number of hydrogen-bond acceptors (Lipinski definition) is 2. The van der Waals surface area contributed by atoms with Gasteiger partial charge >= 0.3 is 0 Å². The molecule has 0 aromatic heterocycles. The fourth-order valence-electron chi connectivity index (χ4n) is 4.72. The highest BCUT2D eigenvalue weighted by Crippen LogP contribution is 2.14. The van der Waals surface area contributed by atoms with E-state index in [9.17, 15) is 0 Å². The van der Waals surface area contributed by atoms with E-state index >= 15 is 0 Å². The van der Waals surface area contributed by atoms with Crippen molar-refractivity contribution in [2.45, 2.75) is 155 Å². The second kappa shape index (κ2) is 31.4. The number of unbranched alkanes of at least 4 members (excludes halogenated alkanes) is 20. The number of quaternary nitrogens is 1. The molecule has 0 unspecified atom stereocenters. The Kier molecular flexibility index (Phi) is 33.4. The van der Waals surface area contributed by atoms with Crippen LogP contribution in [0.2, 0.25) is 0 Å².